The molecule has 1 aliphatic rings. The van der Waals surface area contributed by atoms with Gasteiger partial charge in [0, 0.05) is 49.4 Å². The van der Waals surface area contributed by atoms with E-state index >= 15 is 0 Å². The molecule has 98 valence electrons. The van der Waals surface area contributed by atoms with Gasteiger partial charge in [-0.1, -0.05) is 6.07 Å². The van der Waals surface area contributed by atoms with E-state index in [4.69, 9.17) is 5.73 Å². The highest BCUT2D eigenvalue weighted by molar-refractivity contribution is 5.77. The van der Waals surface area contributed by atoms with Gasteiger partial charge < -0.3 is 21.1 Å². The zero-order valence-corrected chi connectivity index (χ0v) is 10.5. The molecule has 0 saturated carbocycles. The fourth-order valence-corrected chi connectivity index (χ4v) is 2.14. The lowest BCUT2D eigenvalue weighted by molar-refractivity contribution is -0.120. The first-order valence-corrected chi connectivity index (χ1v) is 6.18. The number of amides is 1. The van der Waals surface area contributed by atoms with Crippen molar-refractivity contribution < 1.29 is 9.90 Å². The molecule has 1 aromatic rings. The second-order valence-corrected chi connectivity index (χ2v) is 4.62. The molecule has 2 rings (SSSR count). The Labute approximate surface area is 107 Å². The maximum absolute atomic E-state index is 11.3. The molecule has 1 unspecified atom stereocenters. The summed E-state index contributed by atoms with van der Waals surface area (Å²) >= 11 is 0. The number of aromatic hydroxyl groups is 1. The minimum Gasteiger partial charge on any atom is -0.508 e. The van der Waals surface area contributed by atoms with Crippen LogP contribution in [0.4, 0.5) is 5.69 Å². The molecule has 18 heavy (non-hydrogen) atoms. The predicted molar refractivity (Wildman–Crippen MR) is 70.5 cm³/mol. The van der Waals surface area contributed by atoms with Gasteiger partial charge in [-0.15, -0.1) is 0 Å². The summed E-state index contributed by atoms with van der Waals surface area (Å²) < 4.78 is 0. The van der Waals surface area contributed by atoms with E-state index in [1.807, 2.05) is 19.1 Å². The highest BCUT2D eigenvalue weighted by Gasteiger charge is 2.15. The third kappa shape index (κ3) is 2.73. The van der Waals surface area contributed by atoms with Crippen LogP contribution in [0.3, 0.4) is 0 Å². The molecular weight excluding hydrogens is 230 g/mol. The van der Waals surface area contributed by atoms with Crippen molar-refractivity contribution in [3.8, 4) is 5.75 Å². The molecule has 0 bridgehead atoms. The number of carbonyl (C=O) groups is 1. The molecule has 1 atom stereocenters. The number of phenols is 1. The molecule has 1 amide bonds. The van der Waals surface area contributed by atoms with E-state index in [0.29, 0.717) is 19.5 Å². The molecule has 1 aromatic carbocycles. The van der Waals surface area contributed by atoms with Crippen molar-refractivity contribution in [2.75, 3.05) is 24.5 Å². The smallest absolute Gasteiger partial charge is 0.221 e. The molecule has 1 fully saturated rings. The van der Waals surface area contributed by atoms with Crippen LogP contribution in [0.15, 0.2) is 18.2 Å². The molecule has 0 aliphatic carbocycles. The normalized spacial score (nSPS) is 18.1. The van der Waals surface area contributed by atoms with Gasteiger partial charge in [0.1, 0.15) is 5.75 Å². The van der Waals surface area contributed by atoms with Gasteiger partial charge in [0.15, 0.2) is 0 Å². The van der Waals surface area contributed by atoms with Crippen LogP contribution in [0.2, 0.25) is 0 Å². The molecular formula is C13H19N3O2. The Balaban J connectivity index is 2.18. The second kappa shape index (κ2) is 5.27. The van der Waals surface area contributed by atoms with Gasteiger partial charge in [-0.05, 0) is 13.0 Å². The Kier molecular flexibility index (Phi) is 3.72. The lowest BCUT2D eigenvalue weighted by atomic mass is 10.1. The molecule has 4 N–H and O–H groups in total. The average Bonchev–Trinajstić information content (AvgIpc) is 2.53. The molecule has 0 spiro atoms. The van der Waals surface area contributed by atoms with E-state index in [9.17, 15) is 9.90 Å². The Hall–Kier alpha value is -1.75. The van der Waals surface area contributed by atoms with Gasteiger partial charge in [-0.25, -0.2) is 0 Å². The number of hydrogen-bond donors (Lipinski definition) is 3. The number of anilines is 1. The lowest BCUT2D eigenvalue weighted by Crippen LogP contribution is -2.28. The van der Waals surface area contributed by atoms with Crippen molar-refractivity contribution in [1.82, 2.24) is 5.32 Å². The number of nitrogens with zero attached hydrogens (tertiary/aromatic N) is 1. The van der Waals surface area contributed by atoms with Crippen molar-refractivity contribution >= 4 is 11.6 Å². The fourth-order valence-electron chi connectivity index (χ4n) is 2.14. The van der Waals surface area contributed by atoms with Gasteiger partial charge in [-0.3, -0.25) is 4.79 Å². The molecule has 0 radical (unpaired) electrons. The average molecular weight is 249 g/mol. The third-order valence-corrected chi connectivity index (χ3v) is 3.18. The largest absolute Gasteiger partial charge is 0.508 e. The zero-order valence-electron chi connectivity index (χ0n) is 10.5. The topological polar surface area (TPSA) is 78.6 Å². The quantitative estimate of drug-likeness (QED) is 0.722. The van der Waals surface area contributed by atoms with Gasteiger partial charge in [0.25, 0.3) is 0 Å². The number of phenolic OH excluding ortho intramolecular Hbond substituents is 1. The number of rotatable bonds is 2. The Morgan fingerprint density at radius 3 is 2.89 bits per heavy atom. The summed E-state index contributed by atoms with van der Waals surface area (Å²) in [5.41, 5.74) is 7.42. The minimum absolute atomic E-state index is 0.0777. The van der Waals surface area contributed by atoms with Crippen LogP contribution in [0.25, 0.3) is 0 Å². The van der Waals surface area contributed by atoms with Crippen LogP contribution in [0.5, 0.6) is 5.75 Å². The summed E-state index contributed by atoms with van der Waals surface area (Å²) in [4.78, 5) is 13.4. The molecule has 1 saturated heterocycles. The number of benzene rings is 1. The summed E-state index contributed by atoms with van der Waals surface area (Å²) in [7, 11) is 0. The van der Waals surface area contributed by atoms with Crippen LogP contribution in [0.1, 0.15) is 24.9 Å². The maximum atomic E-state index is 11.3. The Bertz CT molecular complexity index is 446. The first kappa shape index (κ1) is 12.7. The van der Waals surface area contributed by atoms with Crippen LogP contribution in [0, 0.1) is 0 Å². The summed E-state index contributed by atoms with van der Waals surface area (Å²) in [6, 6.07) is 5.31. The highest BCUT2D eigenvalue weighted by atomic mass is 16.3. The number of nitrogens with one attached hydrogen (secondary N) is 1. The van der Waals surface area contributed by atoms with Crippen LogP contribution in [-0.2, 0) is 4.79 Å². The van der Waals surface area contributed by atoms with Gasteiger partial charge >= 0.3 is 0 Å². The van der Waals surface area contributed by atoms with Gasteiger partial charge in [0.2, 0.25) is 5.91 Å². The maximum Gasteiger partial charge on any atom is 0.221 e. The number of nitrogens with two attached hydrogens (primary N) is 1. The SMILES string of the molecule is CC(N)c1ccc(N2CCNC(=O)CC2)cc1O. The van der Waals surface area contributed by atoms with E-state index in [2.05, 4.69) is 10.2 Å². The molecule has 5 nitrogen and oxygen atoms in total. The first-order valence-electron chi connectivity index (χ1n) is 6.18. The van der Waals surface area contributed by atoms with Crippen molar-refractivity contribution in [1.29, 1.82) is 0 Å². The number of hydrogen-bond acceptors (Lipinski definition) is 4. The molecule has 5 heteroatoms. The predicted octanol–water partition coefficient (Wildman–Crippen LogP) is 0.738. The van der Waals surface area contributed by atoms with Crippen LogP contribution < -0.4 is 16.0 Å². The molecule has 1 heterocycles. The van der Waals surface area contributed by atoms with Crippen LogP contribution in [-0.4, -0.2) is 30.6 Å². The zero-order chi connectivity index (χ0) is 13.1. The highest BCUT2D eigenvalue weighted by Crippen LogP contribution is 2.28. The molecule has 1 aliphatic heterocycles. The third-order valence-electron chi connectivity index (χ3n) is 3.18. The summed E-state index contributed by atoms with van der Waals surface area (Å²) in [5, 5.41) is 12.8. The second-order valence-electron chi connectivity index (χ2n) is 4.62. The summed E-state index contributed by atoms with van der Waals surface area (Å²) in [6.07, 6.45) is 0.482. The standard InChI is InChI=1S/C13H19N3O2/c1-9(14)11-3-2-10(8-12(11)17)16-6-4-13(18)15-5-7-16/h2-3,8-9,17H,4-7,14H2,1H3,(H,15,18). The van der Waals surface area contributed by atoms with E-state index in [1.54, 1.807) is 6.07 Å². The summed E-state index contributed by atoms with van der Waals surface area (Å²) in [6.45, 7) is 3.89. The van der Waals surface area contributed by atoms with E-state index in [0.717, 1.165) is 17.8 Å². The monoisotopic (exact) mass is 249 g/mol. The van der Waals surface area contributed by atoms with Crippen molar-refractivity contribution in [3.63, 3.8) is 0 Å². The Morgan fingerprint density at radius 2 is 2.22 bits per heavy atom. The molecule has 0 aromatic heterocycles. The van der Waals surface area contributed by atoms with Crippen LogP contribution >= 0.6 is 0 Å². The minimum atomic E-state index is -0.188. The number of carbonyl (C=O) groups excluding carboxylic acids is 1. The van der Waals surface area contributed by atoms with Gasteiger partial charge in [0.05, 0.1) is 0 Å². The fraction of sp³-hybridized carbons (Fsp3) is 0.462. The van der Waals surface area contributed by atoms with Crippen molar-refractivity contribution in [2.45, 2.75) is 19.4 Å². The van der Waals surface area contributed by atoms with Crippen molar-refractivity contribution in [3.05, 3.63) is 23.8 Å². The van der Waals surface area contributed by atoms with E-state index in [-0.39, 0.29) is 17.7 Å². The van der Waals surface area contributed by atoms with E-state index in [1.165, 1.54) is 0 Å². The van der Waals surface area contributed by atoms with Gasteiger partial charge in [-0.2, -0.15) is 0 Å². The summed E-state index contributed by atoms with van der Waals surface area (Å²) in [5.74, 6) is 0.292. The van der Waals surface area contributed by atoms with E-state index < -0.39 is 0 Å². The lowest BCUT2D eigenvalue weighted by Gasteiger charge is -2.23. The van der Waals surface area contributed by atoms with Crippen molar-refractivity contribution in [2.24, 2.45) is 5.73 Å². The Morgan fingerprint density at radius 1 is 1.44 bits per heavy atom. The first-order chi connectivity index (χ1) is 8.58.